The van der Waals surface area contributed by atoms with E-state index in [9.17, 15) is 4.79 Å². The summed E-state index contributed by atoms with van der Waals surface area (Å²) >= 11 is 5.83. The van der Waals surface area contributed by atoms with E-state index in [2.05, 4.69) is 24.3 Å². The lowest BCUT2D eigenvalue weighted by Gasteiger charge is -2.36. The summed E-state index contributed by atoms with van der Waals surface area (Å²) in [5.74, 6) is -0.00424. The van der Waals surface area contributed by atoms with Crippen LogP contribution in [0.2, 0.25) is 5.02 Å². The predicted octanol–water partition coefficient (Wildman–Crippen LogP) is 3.36. The third-order valence-electron chi connectivity index (χ3n) is 3.82. The van der Waals surface area contributed by atoms with Gasteiger partial charge in [0.15, 0.2) is 0 Å². The number of halogens is 2. The molecule has 0 unspecified atom stereocenters. The topological polar surface area (TPSA) is 32.3 Å². The standard InChI is InChI=1S/C15H21ClN2O.ClH/c1-18(2)14-6-4-3-5-13(14)17-15(19)11-7-9-12(16)10-8-11;/h7-10,13-14H,3-6H2,1-2H3,(H,17,19);1H/t13-,14-;/m1./s1. The SMILES string of the molecule is CN(C)[C@@H]1CCCC[C@H]1NC(=O)c1ccc(Cl)cc1.Cl. The highest BCUT2D eigenvalue weighted by Gasteiger charge is 2.28. The third-order valence-corrected chi connectivity index (χ3v) is 4.07. The first-order chi connectivity index (χ1) is 9.08. The van der Waals surface area contributed by atoms with Crippen molar-refractivity contribution in [1.82, 2.24) is 10.2 Å². The number of likely N-dealkylation sites (N-methyl/N-ethyl adjacent to an activating group) is 1. The maximum atomic E-state index is 12.2. The number of benzene rings is 1. The summed E-state index contributed by atoms with van der Waals surface area (Å²) in [6, 6.07) is 7.72. The highest BCUT2D eigenvalue weighted by Crippen LogP contribution is 2.22. The lowest BCUT2D eigenvalue weighted by molar-refractivity contribution is 0.0883. The van der Waals surface area contributed by atoms with Crippen molar-refractivity contribution in [2.45, 2.75) is 37.8 Å². The second-order valence-corrected chi connectivity index (χ2v) is 5.84. The predicted molar refractivity (Wildman–Crippen MR) is 85.9 cm³/mol. The quantitative estimate of drug-likeness (QED) is 0.927. The minimum atomic E-state index is -0.00424. The Kier molecular flexibility index (Phi) is 6.80. The Morgan fingerprint density at radius 2 is 1.80 bits per heavy atom. The smallest absolute Gasteiger partial charge is 0.251 e. The first-order valence-electron chi connectivity index (χ1n) is 6.81. The first kappa shape index (κ1) is 17.3. The molecule has 112 valence electrons. The van der Waals surface area contributed by atoms with E-state index < -0.39 is 0 Å². The van der Waals surface area contributed by atoms with Gasteiger partial charge in [0.1, 0.15) is 0 Å². The van der Waals surface area contributed by atoms with E-state index in [-0.39, 0.29) is 24.4 Å². The fourth-order valence-electron chi connectivity index (χ4n) is 2.75. The van der Waals surface area contributed by atoms with Gasteiger partial charge in [0.2, 0.25) is 0 Å². The largest absolute Gasteiger partial charge is 0.348 e. The van der Waals surface area contributed by atoms with E-state index in [4.69, 9.17) is 11.6 Å². The number of carbonyl (C=O) groups is 1. The molecule has 1 aliphatic carbocycles. The van der Waals surface area contributed by atoms with Gasteiger partial charge in [-0.2, -0.15) is 0 Å². The van der Waals surface area contributed by atoms with Crippen molar-refractivity contribution < 1.29 is 4.79 Å². The Balaban J connectivity index is 0.00000200. The van der Waals surface area contributed by atoms with Gasteiger partial charge in [0, 0.05) is 22.7 Å². The summed E-state index contributed by atoms with van der Waals surface area (Å²) in [7, 11) is 4.16. The second-order valence-electron chi connectivity index (χ2n) is 5.40. The second kappa shape index (κ2) is 7.87. The average Bonchev–Trinajstić information content (AvgIpc) is 2.39. The molecule has 5 heteroatoms. The maximum absolute atomic E-state index is 12.2. The van der Waals surface area contributed by atoms with E-state index in [0.29, 0.717) is 16.6 Å². The van der Waals surface area contributed by atoms with Crippen LogP contribution in [0.1, 0.15) is 36.0 Å². The van der Waals surface area contributed by atoms with Crippen LogP contribution in [-0.4, -0.2) is 37.0 Å². The number of hydrogen-bond acceptors (Lipinski definition) is 2. The molecule has 0 heterocycles. The lowest BCUT2D eigenvalue weighted by atomic mass is 9.89. The zero-order valence-electron chi connectivity index (χ0n) is 11.9. The normalized spacial score (nSPS) is 22.2. The fraction of sp³-hybridized carbons (Fsp3) is 0.533. The van der Waals surface area contributed by atoms with Gasteiger partial charge in [-0.1, -0.05) is 24.4 Å². The third kappa shape index (κ3) is 4.37. The van der Waals surface area contributed by atoms with Gasteiger partial charge in [-0.15, -0.1) is 12.4 Å². The van der Waals surface area contributed by atoms with Gasteiger partial charge < -0.3 is 10.2 Å². The molecule has 1 N–H and O–H groups in total. The highest BCUT2D eigenvalue weighted by atomic mass is 35.5. The first-order valence-corrected chi connectivity index (χ1v) is 7.18. The molecule has 1 aliphatic rings. The monoisotopic (exact) mass is 316 g/mol. The van der Waals surface area contributed by atoms with Gasteiger partial charge >= 0.3 is 0 Å². The van der Waals surface area contributed by atoms with E-state index in [0.717, 1.165) is 12.8 Å². The zero-order chi connectivity index (χ0) is 13.8. The molecule has 20 heavy (non-hydrogen) atoms. The molecule has 0 bridgehead atoms. The van der Waals surface area contributed by atoms with Gasteiger partial charge in [-0.3, -0.25) is 4.79 Å². The molecule has 1 fully saturated rings. The lowest BCUT2D eigenvalue weighted by Crippen LogP contribution is -2.51. The van der Waals surface area contributed by atoms with Crippen molar-refractivity contribution in [2.24, 2.45) is 0 Å². The van der Waals surface area contributed by atoms with Crippen molar-refractivity contribution >= 4 is 29.9 Å². The molecule has 0 aromatic heterocycles. The number of rotatable bonds is 3. The Morgan fingerprint density at radius 1 is 1.20 bits per heavy atom. The summed E-state index contributed by atoms with van der Waals surface area (Å²) in [4.78, 5) is 14.4. The molecule has 0 saturated heterocycles. The maximum Gasteiger partial charge on any atom is 0.251 e. The van der Waals surface area contributed by atoms with Crippen LogP contribution in [0, 0.1) is 0 Å². The molecule has 0 aliphatic heterocycles. The van der Waals surface area contributed by atoms with Gasteiger partial charge in [0.05, 0.1) is 0 Å². The molecule has 0 radical (unpaired) electrons. The molecule has 1 amide bonds. The molecule has 2 atom stereocenters. The fourth-order valence-corrected chi connectivity index (χ4v) is 2.88. The molecule has 3 nitrogen and oxygen atoms in total. The van der Waals surface area contributed by atoms with Crippen LogP contribution in [0.25, 0.3) is 0 Å². The minimum absolute atomic E-state index is 0. The van der Waals surface area contributed by atoms with Crippen LogP contribution >= 0.6 is 24.0 Å². The molecule has 1 aromatic carbocycles. The van der Waals surface area contributed by atoms with Crippen LogP contribution < -0.4 is 5.32 Å². The summed E-state index contributed by atoms with van der Waals surface area (Å²) in [5, 5.41) is 3.82. The van der Waals surface area contributed by atoms with Crippen molar-refractivity contribution in [3.05, 3.63) is 34.9 Å². The van der Waals surface area contributed by atoms with Crippen LogP contribution in [0.15, 0.2) is 24.3 Å². The van der Waals surface area contributed by atoms with Gasteiger partial charge in [0.25, 0.3) is 5.91 Å². The molecular weight excluding hydrogens is 295 g/mol. The van der Waals surface area contributed by atoms with Crippen molar-refractivity contribution in [2.75, 3.05) is 14.1 Å². The summed E-state index contributed by atoms with van der Waals surface area (Å²) in [6.45, 7) is 0. The van der Waals surface area contributed by atoms with Gasteiger partial charge in [-0.25, -0.2) is 0 Å². The van der Waals surface area contributed by atoms with Crippen LogP contribution in [0.3, 0.4) is 0 Å². The van der Waals surface area contributed by atoms with Crippen LogP contribution in [0.5, 0.6) is 0 Å². The zero-order valence-corrected chi connectivity index (χ0v) is 13.5. The molecular formula is C15H22Cl2N2O. The van der Waals surface area contributed by atoms with Crippen molar-refractivity contribution in [1.29, 1.82) is 0 Å². The molecule has 0 spiro atoms. The number of amides is 1. The highest BCUT2D eigenvalue weighted by molar-refractivity contribution is 6.30. The summed E-state index contributed by atoms with van der Waals surface area (Å²) < 4.78 is 0. The molecule has 1 saturated carbocycles. The molecule has 1 aromatic rings. The van der Waals surface area contributed by atoms with E-state index in [1.54, 1.807) is 24.3 Å². The Labute approximate surface area is 132 Å². The minimum Gasteiger partial charge on any atom is -0.348 e. The Morgan fingerprint density at radius 3 is 2.40 bits per heavy atom. The Bertz CT molecular complexity index is 434. The van der Waals surface area contributed by atoms with E-state index in [1.165, 1.54) is 12.8 Å². The van der Waals surface area contributed by atoms with E-state index in [1.807, 2.05) is 0 Å². The van der Waals surface area contributed by atoms with Crippen molar-refractivity contribution in [3.8, 4) is 0 Å². The summed E-state index contributed by atoms with van der Waals surface area (Å²) in [6.07, 6.45) is 4.65. The Hall–Kier alpha value is -0.770. The van der Waals surface area contributed by atoms with E-state index >= 15 is 0 Å². The summed E-state index contributed by atoms with van der Waals surface area (Å²) in [5.41, 5.74) is 0.674. The van der Waals surface area contributed by atoms with Crippen LogP contribution in [0.4, 0.5) is 0 Å². The van der Waals surface area contributed by atoms with Crippen LogP contribution in [-0.2, 0) is 0 Å². The number of carbonyl (C=O) groups excluding carboxylic acids is 1. The number of nitrogens with zero attached hydrogens (tertiary/aromatic N) is 1. The molecule has 2 rings (SSSR count). The number of nitrogens with one attached hydrogen (secondary N) is 1. The van der Waals surface area contributed by atoms with Gasteiger partial charge in [-0.05, 0) is 51.2 Å². The average molecular weight is 317 g/mol. The van der Waals surface area contributed by atoms with Crippen molar-refractivity contribution in [3.63, 3.8) is 0 Å². The number of hydrogen-bond donors (Lipinski definition) is 1.